The number of rotatable bonds is 8. The zero-order valence-electron chi connectivity index (χ0n) is 20.6. The van der Waals surface area contributed by atoms with E-state index in [4.69, 9.17) is 5.73 Å². The number of benzene rings is 3. The summed E-state index contributed by atoms with van der Waals surface area (Å²) in [5.74, 6) is 0.371. The summed E-state index contributed by atoms with van der Waals surface area (Å²) >= 11 is 0. The lowest BCUT2D eigenvalue weighted by molar-refractivity contribution is 0.0857. The second kappa shape index (κ2) is 11.3. The Balaban J connectivity index is 1.58. The highest BCUT2D eigenvalue weighted by Crippen LogP contribution is 2.33. The van der Waals surface area contributed by atoms with Crippen molar-refractivity contribution in [3.05, 3.63) is 102 Å². The van der Waals surface area contributed by atoms with Crippen LogP contribution in [0.4, 0.5) is 10.5 Å². The minimum absolute atomic E-state index is 0.0305. The van der Waals surface area contributed by atoms with Gasteiger partial charge in [0.05, 0.1) is 0 Å². The molecule has 5 nitrogen and oxygen atoms in total. The third-order valence-corrected chi connectivity index (χ3v) is 7.15. The van der Waals surface area contributed by atoms with Crippen molar-refractivity contribution in [1.82, 2.24) is 4.90 Å². The summed E-state index contributed by atoms with van der Waals surface area (Å²) in [6, 6.07) is 27.6. The molecule has 2 N–H and O–H groups in total. The van der Waals surface area contributed by atoms with E-state index in [9.17, 15) is 9.59 Å². The number of nitrogens with zero attached hydrogens (tertiary/aromatic N) is 2. The lowest BCUT2D eigenvalue weighted by Crippen LogP contribution is -2.40. The second-order valence-electron chi connectivity index (χ2n) is 9.72. The minimum atomic E-state index is -0.513. The monoisotopic (exact) mass is 469 g/mol. The standard InChI is InChI=1S/C30H35N3O2/c1-22(28(23-10-5-3-6-11-23)24-12-7-4-8-13-24)21-33(30(31)35)27-15-9-14-26(20-27)29(34)25-16-18-32(2)19-17-25/h3-15,20,22,25,28H,16-19,21H2,1-2H3,(H2,31,35). The molecule has 0 radical (unpaired) electrons. The van der Waals surface area contributed by atoms with Gasteiger partial charge < -0.3 is 10.6 Å². The molecule has 1 aliphatic rings. The van der Waals surface area contributed by atoms with Gasteiger partial charge in [-0.05, 0) is 62.2 Å². The van der Waals surface area contributed by atoms with Crippen molar-refractivity contribution in [3.63, 3.8) is 0 Å². The van der Waals surface area contributed by atoms with Gasteiger partial charge in [-0.1, -0.05) is 79.7 Å². The number of Topliss-reactive ketones (excluding diaryl/α,β-unsaturated/α-hetero) is 1. The Morgan fingerprint density at radius 1 is 0.914 bits per heavy atom. The quantitative estimate of drug-likeness (QED) is 0.439. The molecule has 4 rings (SSSR count). The van der Waals surface area contributed by atoms with E-state index in [1.807, 2.05) is 60.7 Å². The molecule has 0 bridgehead atoms. The molecule has 0 saturated carbocycles. The number of anilines is 1. The van der Waals surface area contributed by atoms with Gasteiger partial charge in [0.2, 0.25) is 0 Å². The van der Waals surface area contributed by atoms with Crippen molar-refractivity contribution < 1.29 is 9.59 Å². The van der Waals surface area contributed by atoms with Crippen LogP contribution in [0.1, 0.15) is 47.2 Å². The molecule has 0 spiro atoms. The number of carbonyl (C=O) groups is 2. The zero-order valence-corrected chi connectivity index (χ0v) is 20.6. The Kier molecular flexibility index (Phi) is 7.98. The normalized spacial score (nSPS) is 15.6. The van der Waals surface area contributed by atoms with E-state index in [2.05, 4.69) is 43.1 Å². The van der Waals surface area contributed by atoms with E-state index in [1.165, 1.54) is 11.1 Å². The summed E-state index contributed by atoms with van der Waals surface area (Å²) < 4.78 is 0. The van der Waals surface area contributed by atoms with Gasteiger partial charge in [-0.3, -0.25) is 9.69 Å². The predicted octanol–water partition coefficient (Wildman–Crippen LogP) is 5.56. The van der Waals surface area contributed by atoms with Crippen molar-refractivity contribution in [2.75, 3.05) is 31.6 Å². The van der Waals surface area contributed by atoms with Crippen molar-refractivity contribution in [2.45, 2.75) is 25.7 Å². The summed E-state index contributed by atoms with van der Waals surface area (Å²) in [6.45, 7) is 4.45. The van der Waals surface area contributed by atoms with Crippen LogP contribution in [0.5, 0.6) is 0 Å². The summed E-state index contributed by atoms with van der Waals surface area (Å²) in [4.78, 5) is 29.7. The molecule has 1 atom stereocenters. The Morgan fingerprint density at radius 2 is 1.49 bits per heavy atom. The highest BCUT2D eigenvalue weighted by molar-refractivity contribution is 6.00. The molecule has 0 aliphatic carbocycles. The first-order chi connectivity index (χ1) is 16.9. The Labute approximate surface area is 208 Å². The number of hydrogen-bond donors (Lipinski definition) is 1. The van der Waals surface area contributed by atoms with E-state index < -0.39 is 6.03 Å². The zero-order chi connectivity index (χ0) is 24.8. The van der Waals surface area contributed by atoms with Crippen LogP contribution in [0.15, 0.2) is 84.9 Å². The highest BCUT2D eigenvalue weighted by atomic mass is 16.2. The van der Waals surface area contributed by atoms with Gasteiger partial charge in [-0.15, -0.1) is 0 Å². The Morgan fingerprint density at radius 3 is 2.03 bits per heavy atom. The molecule has 1 saturated heterocycles. The number of carbonyl (C=O) groups excluding carboxylic acids is 2. The molecule has 3 aromatic rings. The topological polar surface area (TPSA) is 66.6 Å². The Hall–Kier alpha value is -3.44. The number of urea groups is 1. The van der Waals surface area contributed by atoms with E-state index in [-0.39, 0.29) is 23.5 Å². The van der Waals surface area contributed by atoms with Crippen molar-refractivity contribution in [1.29, 1.82) is 0 Å². The molecule has 1 fully saturated rings. The minimum Gasteiger partial charge on any atom is -0.351 e. The third-order valence-electron chi connectivity index (χ3n) is 7.15. The predicted molar refractivity (Wildman–Crippen MR) is 142 cm³/mol. The molecule has 0 aromatic heterocycles. The van der Waals surface area contributed by atoms with Crippen LogP contribution in [-0.4, -0.2) is 43.4 Å². The SMILES string of the molecule is CC(CN(C(N)=O)c1cccc(C(=O)C2CCN(C)CC2)c1)C(c1ccccc1)c1ccccc1. The molecule has 1 aliphatic heterocycles. The molecule has 5 heteroatoms. The van der Waals surface area contributed by atoms with Crippen LogP contribution in [0, 0.1) is 11.8 Å². The lowest BCUT2D eigenvalue weighted by Gasteiger charge is -2.31. The molecule has 2 amide bonds. The second-order valence-corrected chi connectivity index (χ2v) is 9.72. The highest BCUT2D eigenvalue weighted by Gasteiger charge is 2.27. The maximum Gasteiger partial charge on any atom is 0.319 e. The summed E-state index contributed by atoms with van der Waals surface area (Å²) in [5, 5.41) is 0. The summed E-state index contributed by atoms with van der Waals surface area (Å²) in [6.07, 6.45) is 1.73. The number of hydrogen-bond acceptors (Lipinski definition) is 3. The van der Waals surface area contributed by atoms with Crippen LogP contribution in [0.2, 0.25) is 0 Å². The van der Waals surface area contributed by atoms with Crippen molar-refractivity contribution in [3.8, 4) is 0 Å². The molecular formula is C30H35N3O2. The fourth-order valence-electron chi connectivity index (χ4n) is 5.22. The molecule has 182 valence electrons. The largest absolute Gasteiger partial charge is 0.351 e. The molecule has 1 unspecified atom stereocenters. The average molecular weight is 470 g/mol. The number of nitrogens with two attached hydrogens (primary N) is 1. The first-order valence-electron chi connectivity index (χ1n) is 12.4. The molecular weight excluding hydrogens is 434 g/mol. The van der Waals surface area contributed by atoms with Crippen LogP contribution >= 0.6 is 0 Å². The van der Waals surface area contributed by atoms with Gasteiger partial charge in [-0.2, -0.15) is 0 Å². The van der Waals surface area contributed by atoms with Gasteiger partial charge in [0.25, 0.3) is 0 Å². The third kappa shape index (κ3) is 5.98. The van der Waals surface area contributed by atoms with Crippen LogP contribution in [0.25, 0.3) is 0 Å². The lowest BCUT2D eigenvalue weighted by atomic mass is 9.81. The number of likely N-dealkylation sites (tertiary alicyclic amines) is 1. The smallest absolute Gasteiger partial charge is 0.319 e. The first kappa shape index (κ1) is 24.7. The van der Waals surface area contributed by atoms with Crippen molar-refractivity contribution >= 4 is 17.5 Å². The van der Waals surface area contributed by atoms with Gasteiger partial charge in [0, 0.05) is 29.6 Å². The van der Waals surface area contributed by atoms with Crippen LogP contribution < -0.4 is 10.6 Å². The number of ketones is 1. The van der Waals surface area contributed by atoms with Crippen molar-refractivity contribution in [2.24, 2.45) is 17.6 Å². The number of piperidine rings is 1. The van der Waals surface area contributed by atoms with Crippen LogP contribution in [0.3, 0.4) is 0 Å². The van der Waals surface area contributed by atoms with E-state index in [0.717, 1.165) is 25.9 Å². The first-order valence-corrected chi connectivity index (χ1v) is 12.4. The maximum absolute atomic E-state index is 13.2. The summed E-state index contributed by atoms with van der Waals surface area (Å²) in [7, 11) is 2.09. The van der Waals surface area contributed by atoms with E-state index in [0.29, 0.717) is 17.8 Å². The van der Waals surface area contributed by atoms with E-state index in [1.54, 1.807) is 4.90 Å². The number of amides is 2. The van der Waals surface area contributed by atoms with Gasteiger partial charge in [0.1, 0.15) is 0 Å². The van der Waals surface area contributed by atoms with Gasteiger partial charge in [-0.25, -0.2) is 4.79 Å². The maximum atomic E-state index is 13.2. The fraction of sp³-hybridized carbons (Fsp3) is 0.333. The number of primary amides is 1. The fourth-order valence-corrected chi connectivity index (χ4v) is 5.22. The average Bonchev–Trinajstić information content (AvgIpc) is 2.88. The molecule has 3 aromatic carbocycles. The Bertz CT molecular complexity index is 1090. The van der Waals surface area contributed by atoms with E-state index >= 15 is 0 Å². The molecule has 1 heterocycles. The molecule has 35 heavy (non-hydrogen) atoms. The van der Waals surface area contributed by atoms with Crippen LogP contribution in [-0.2, 0) is 0 Å². The van der Waals surface area contributed by atoms with Gasteiger partial charge in [0.15, 0.2) is 5.78 Å². The summed E-state index contributed by atoms with van der Waals surface area (Å²) in [5.41, 5.74) is 9.59. The van der Waals surface area contributed by atoms with Gasteiger partial charge >= 0.3 is 6.03 Å².